The fourth-order valence-corrected chi connectivity index (χ4v) is 5.43. The van der Waals surface area contributed by atoms with Crippen LogP contribution in [-0.2, 0) is 19.6 Å². The van der Waals surface area contributed by atoms with Gasteiger partial charge in [0.25, 0.3) is 6.72 Å². The lowest BCUT2D eigenvalue weighted by atomic mass is 10.5. The summed E-state index contributed by atoms with van der Waals surface area (Å²) in [5.74, 6) is 0. The summed E-state index contributed by atoms with van der Waals surface area (Å²) in [5, 5.41) is 0.0389. The maximum absolute atomic E-state index is 9.76. The summed E-state index contributed by atoms with van der Waals surface area (Å²) in [6, 6.07) is 0. The standard InChI is InChI=1S/C7H20NO4PS/c1-6(2)12-13(9,10)14(7(3)4)8-11-5/h6-10H,1-5H3. The summed E-state index contributed by atoms with van der Waals surface area (Å²) in [5.41, 5.74) is 0. The van der Waals surface area contributed by atoms with Gasteiger partial charge in [-0.05, 0) is 24.1 Å². The first kappa shape index (κ1) is 14.6. The Hall–Kier alpha value is 0.580. The molecule has 0 saturated heterocycles. The Bertz CT molecular complexity index is 226. The van der Waals surface area contributed by atoms with Crippen LogP contribution >= 0.6 is 6.72 Å². The Morgan fingerprint density at radius 2 is 1.71 bits per heavy atom. The van der Waals surface area contributed by atoms with Gasteiger partial charge in [-0.1, -0.05) is 13.8 Å². The SMILES string of the molecule is CONS(C(C)C)=P(O)(O)OC(C)C. The number of nitrogens with one attached hydrogen (secondary N) is 1. The van der Waals surface area contributed by atoms with E-state index in [1.54, 1.807) is 13.8 Å². The molecule has 0 aromatic rings. The van der Waals surface area contributed by atoms with E-state index < -0.39 is 17.0 Å². The third-order valence-electron chi connectivity index (χ3n) is 1.22. The van der Waals surface area contributed by atoms with E-state index in [1.807, 2.05) is 13.8 Å². The molecule has 0 amide bonds. The molecule has 0 aliphatic rings. The lowest BCUT2D eigenvalue weighted by Crippen LogP contribution is -2.25. The molecule has 0 radical (unpaired) electrons. The molecule has 0 aliphatic heterocycles. The number of hydrogen-bond donors (Lipinski definition) is 3. The molecule has 1 unspecified atom stereocenters. The third kappa shape index (κ3) is 4.89. The molecule has 0 aromatic carbocycles. The minimum Gasteiger partial charge on any atom is -0.328 e. The van der Waals surface area contributed by atoms with Gasteiger partial charge in [0, 0.05) is 5.25 Å². The Balaban J connectivity index is 4.91. The molecule has 5 nitrogen and oxygen atoms in total. The fraction of sp³-hybridized carbons (Fsp3) is 1.00. The Morgan fingerprint density at radius 1 is 1.21 bits per heavy atom. The van der Waals surface area contributed by atoms with Crippen molar-refractivity contribution >= 4 is 17.0 Å². The lowest BCUT2D eigenvalue weighted by Gasteiger charge is -2.23. The van der Waals surface area contributed by atoms with Gasteiger partial charge in [-0.3, -0.25) is 4.84 Å². The minimum atomic E-state index is -3.39. The molecule has 0 rings (SSSR count). The molecular formula is C7H20NO4PS. The van der Waals surface area contributed by atoms with Crippen molar-refractivity contribution in [2.75, 3.05) is 7.11 Å². The van der Waals surface area contributed by atoms with E-state index in [0.29, 0.717) is 0 Å². The first-order valence-electron chi connectivity index (χ1n) is 4.36. The average Bonchev–Trinajstić information content (AvgIpc) is 1.96. The Morgan fingerprint density at radius 3 is 2.00 bits per heavy atom. The van der Waals surface area contributed by atoms with Gasteiger partial charge in [0.1, 0.15) is 0 Å². The zero-order chi connectivity index (χ0) is 11.4. The van der Waals surface area contributed by atoms with Gasteiger partial charge in [0.2, 0.25) is 0 Å². The normalized spacial score (nSPS) is 15.2. The molecule has 0 spiro atoms. The highest BCUT2D eigenvalue weighted by atomic mass is 32.5. The maximum atomic E-state index is 9.76. The summed E-state index contributed by atoms with van der Waals surface area (Å²) < 4.78 is 5.11. The van der Waals surface area contributed by atoms with Gasteiger partial charge in [-0.25, -0.2) is 0 Å². The molecule has 0 saturated carbocycles. The van der Waals surface area contributed by atoms with Crippen molar-refractivity contribution in [3.05, 3.63) is 0 Å². The highest BCUT2D eigenvalue weighted by molar-refractivity contribution is 8.26. The zero-order valence-corrected chi connectivity index (χ0v) is 10.9. The predicted molar refractivity (Wildman–Crippen MR) is 60.2 cm³/mol. The molecule has 0 aliphatic carbocycles. The summed E-state index contributed by atoms with van der Waals surface area (Å²) in [4.78, 5) is 26.8. The van der Waals surface area contributed by atoms with E-state index in [-0.39, 0.29) is 11.4 Å². The lowest BCUT2D eigenvalue weighted by molar-refractivity contribution is 0.159. The highest BCUT2D eigenvalue weighted by Gasteiger charge is 2.21. The fourth-order valence-electron chi connectivity index (χ4n) is 0.826. The number of hydrogen-bond acceptors (Lipinski definition) is 2. The van der Waals surface area contributed by atoms with E-state index in [2.05, 4.69) is 4.89 Å². The van der Waals surface area contributed by atoms with Crippen molar-refractivity contribution in [1.82, 2.24) is 4.89 Å². The first-order valence-corrected chi connectivity index (χ1v) is 7.87. The van der Waals surface area contributed by atoms with Gasteiger partial charge >= 0.3 is 0 Å². The quantitative estimate of drug-likeness (QED) is 0.501. The summed E-state index contributed by atoms with van der Waals surface area (Å²) >= 11 is 0. The smallest absolute Gasteiger partial charge is 0.295 e. The predicted octanol–water partition coefficient (Wildman–Crippen LogP) is 1.17. The van der Waals surface area contributed by atoms with Crippen LogP contribution in [0.3, 0.4) is 0 Å². The molecule has 0 aromatic heterocycles. The second-order valence-corrected chi connectivity index (χ2v) is 8.83. The molecule has 0 heterocycles. The van der Waals surface area contributed by atoms with Crippen molar-refractivity contribution in [1.29, 1.82) is 0 Å². The summed E-state index contributed by atoms with van der Waals surface area (Å²) in [6.07, 6.45) is -0.217. The van der Waals surface area contributed by atoms with E-state index in [0.717, 1.165) is 0 Å². The van der Waals surface area contributed by atoms with Crippen LogP contribution < -0.4 is 4.89 Å². The van der Waals surface area contributed by atoms with Crippen LogP contribution in [0.4, 0.5) is 0 Å². The topological polar surface area (TPSA) is 71.0 Å². The molecule has 1 atom stereocenters. The van der Waals surface area contributed by atoms with E-state index >= 15 is 0 Å². The van der Waals surface area contributed by atoms with Crippen molar-refractivity contribution in [2.45, 2.75) is 39.0 Å². The summed E-state index contributed by atoms with van der Waals surface area (Å²) in [6.45, 7) is 3.88. The van der Waals surface area contributed by atoms with Gasteiger partial charge < -0.3 is 14.3 Å². The second kappa shape index (κ2) is 6.23. The van der Waals surface area contributed by atoms with Crippen molar-refractivity contribution in [3.63, 3.8) is 0 Å². The molecule has 0 bridgehead atoms. The van der Waals surface area contributed by atoms with Gasteiger partial charge in [-0.15, -0.1) is 4.89 Å². The van der Waals surface area contributed by atoms with Crippen LogP contribution in [0.15, 0.2) is 0 Å². The summed E-state index contributed by atoms with van der Waals surface area (Å²) in [7, 11) is 0.563. The van der Waals surface area contributed by atoms with E-state index in [4.69, 9.17) is 9.36 Å². The van der Waals surface area contributed by atoms with Crippen molar-refractivity contribution in [2.24, 2.45) is 0 Å². The van der Waals surface area contributed by atoms with Crippen LogP contribution in [0.1, 0.15) is 27.7 Å². The monoisotopic (exact) mass is 245 g/mol. The minimum absolute atomic E-state index is 0.0389. The average molecular weight is 245 g/mol. The second-order valence-electron chi connectivity index (χ2n) is 3.30. The zero-order valence-electron chi connectivity index (χ0n) is 9.22. The van der Waals surface area contributed by atoms with Crippen LogP contribution in [-0.4, -0.2) is 28.3 Å². The molecular weight excluding hydrogens is 225 g/mol. The first-order chi connectivity index (χ1) is 6.31. The molecule has 14 heavy (non-hydrogen) atoms. The maximum Gasteiger partial charge on any atom is 0.295 e. The Labute approximate surface area is 87.7 Å². The van der Waals surface area contributed by atoms with E-state index in [1.165, 1.54) is 7.11 Å². The van der Waals surface area contributed by atoms with Crippen LogP contribution in [0, 0.1) is 0 Å². The molecule has 7 heteroatoms. The largest absolute Gasteiger partial charge is 0.328 e. The highest BCUT2D eigenvalue weighted by Crippen LogP contribution is 2.45. The van der Waals surface area contributed by atoms with Crippen LogP contribution in [0.25, 0.3) is 0 Å². The molecule has 3 N–H and O–H groups in total. The Kier molecular flexibility index (Phi) is 6.48. The molecule has 88 valence electrons. The van der Waals surface area contributed by atoms with Crippen molar-refractivity contribution in [3.8, 4) is 0 Å². The van der Waals surface area contributed by atoms with Gasteiger partial charge in [-0.2, -0.15) is 0 Å². The third-order valence-corrected chi connectivity index (χ3v) is 6.94. The van der Waals surface area contributed by atoms with Crippen molar-refractivity contribution < 1.29 is 19.1 Å². The number of rotatable bonds is 5. The van der Waals surface area contributed by atoms with Crippen LogP contribution in [0.2, 0.25) is 0 Å². The van der Waals surface area contributed by atoms with Gasteiger partial charge in [0.05, 0.1) is 13.2 Å². The van der Waals surface area contributed by atoms with E-state index in [9.17, 15) is 9.79 Å². The van der Waals surface area contributed by atoms with Gasteiger partial charge in [0.15, 0.2) is 0 Å². The molecule has 0 fully saturated rings. The van der Waals surface area contributed by atoms with Crippen LogP contribution in [0.5, 0.6) is 0 Å².